The Hall–Kier alpha value is -0.270. The number of anilines is 1. The van der Waals surface area contributed by atoms with E-state index in [0.717, 1.165) is 29.4 Å². The van der Waals surface area contributed by atoms with Gasteiger partial charge in [0.25, 0.3) is 0 Å². The second-order valence-electron chi connectivity index (χ2n) is 8.61. The molecule has 0 saturated heterocycles. The first-order valence-electron chi connectivity index (χ1n) is 12.4. The highest BCUT2D eigenvalue weighted by atomic mass is 79.9. The normalized spacial score (nSPS) is 12.3. The van der Waals surface area contributed by atoms with E-state index >= 15 is 0 Å². The van der Waals surface area contributed by atoms with E-state index in [9.17, 15) is 4.79 Å². The molecule has 1 aromatic rings. The van der Waals surface area contributed by atoms with E-state index in [1.54, 1.807) is 0 Å². The maximum absolute atomic E-state index is 12.4. The Balaban J connectivity index is 2.19. The summed E-state index contributed by atoms with van der Waals surface area (Å²) in [5.41, 5.74) is 0.765. The molecule has 0 spiro atoms. The molecule has 3 N–H and O–H groups in total. The largest absolute Gasteiger partial charge is 0.339 e. The molecule has 0 saturated carbocycles. The first-order chi connectivity index (χ1) is 16.2. The molecule has 0 aliphatic carbocycles. The number of hydrogen-bond acceptors (Lipinski definition) is 2. The Morgan fingerprint density at radius 3 is 1.88 bits per heavy atom. The zero-order valence-electron chi connectivity index (χ0n) is 20.1. The molecule has 1 aromatic carbocycles. The molecule has 34 heavy (non-hydrogen) atoms. The summed E-state index contributed by atoms with van der Waals surface area (Å²) < 4.78 is -0.915. The number of unbranched alkanes of at least 4 members (excludes halogenated alkanes) is 12. The van der Waals surface area contributed by atoms with Crippen LogP contribution in [0.5, 0.6) is 0 Å². The Kier molecular flexibility index (Phi) is 17.7. The van der Waals surface area contributed by atoms with Crippen molar-refractivity contribution in [1.82, 2.24) is 10.6 Å². The molecule has 0 aliphatic heterocycles. The maximum atomic E-state index is 12.4. The lowest BCUT2D eigenvalue weighted by atomic mass is 10.0. The smallest absolute Gasteiger partial charge is 0.228 e. The SMILES string of the molecule is CCCCCCCCCCCCCCCC(=O)NC(NC(=S)Nc1ccccc1Br)C(Cl)(Cl)Cl. The highest BCUT2D eigenvalue weighted by molar-refractivity contribution is 9.10. The van der Waals surface area contributed by atoms with E-state index in [-0.39, 0.29) is 11.0 Å². The van der Waals surface area contributed by atoms with E-state index in [4.69, 9.17) is 47.0 Å². The lowest BCUT2D eigenvalue weighted by Crippen LogP contribution is -2.56. The highest BCUT2D eigenvalue weighted by Gasteiger charge is 2.34. The van der Waals surface area contributed by atoms with Crippen LogP contribution in [0.1, 0.15) is 96.8 Å². The van der Waals surface area contributed by atoms with Gasteiger partial charge in [-0.15, -0.1) is 0 Å². The molecule has 0 radical (unpaired) electrons. The van der Waals surface area contributed by atoms with Crippen molar-refractivity contribution >= 4 is 79.7 Å². The van der Waals surface area contributed by atoms with Gasteiger partial charge in [0.1, 0.15) is 6.17 Å². The summed E-state index contributed by atoms with van der Waals surface area (Å²) in [6.45, 7) is 2.26. The van der Waals surface area contributed by atoms with Gasteiger partial charge in [-0.3, -0.25) is 4.79 Å². The average Bonchev–Trinajstić information content (AvgIpc) is 2.77. The molecule has 1 atom stereocenters. The zero-order valence-corrected chi connectivity index (χ0v) is 24.8. The summed E-state index contributed by atoms with van der Waals surface area (Å²) in [6.07, 6.45) is 15.8. The van der Waals surface area contributed by atoms with E-state index in [0.29, 0.717) is 6.42 Å². The first-order valence-corrected chi connectivity index (χ1v) is 14.8. The third kappa shape index (κ3) is 15.7. The van der Waals surface area contributed by atoms with Crippen molar-refractivity contribution in [3.05, 3.63) is 28.7 Å². The highest BCUT2D eigenvalue weighted by Crippen LogP contribution is 2.29. The maximum Gasteiger partial charge on any atom is 0.228 e. The molecular formula is C25H39BrCl3N3OS. The van der Waals surface area contributed by atoms with Crippen LogP contribution in [0.4, 0.5) is 5.69 Å². The van der Waals surface area contributed by atoms with Gasteiger partial charge in [-0.2, -0.15) is 0 Å². The van der Waals surface area contributed by atoms with Crippen molar-refractivity contribution in [2.45, 2.75) is 107 Å². The zero-order chi connectivity index (χ0) is 25.2. The number of amides is 1. The molecule has 0 aliphatic rings. The van der Waals surface area contributed by atoms with E-state index in [1.807, 2.05) is 24.3 Å². The molecule has 9 heteroatoms. The molecule has 1 rings (SSSR count). The van der Waals surface area contributed by atoms with Crippen LogP contribution in [0, 0.1) is 0 Å². The summed E-state index contributed by atoms with van der Waals surface area (Å²) in [5, 5.41) is 8.90. The summed E-state index contributed by atoms with van der Waals surface area (Å²) in [4.78, 5) is 12.4. The standard InChI is InChI=1S/C25H39BrCl3N3OS/c1-2-3-4-5-6-7-8-9-10-11-12-13-14-19-22(33)31-23(25(27,28)29)32-24(34)30-21-18-16-15-17-20(21)26/h15-18,23H,2-14,19H2,1H3,(H,31,33)(H2,30,32,34). The van der Waals surface area contributed by atoms with Crippen LogP contribution in [-0.2, 0) is 4.79 Å². The van der Waals surface area contributed by atoms with Gasteiger partial charge < -0.3 is 16.0 Å². The number of benzene rings is 1. The van der Waals surface area contributed by atoms with Gasteiger partial charge in [-0.25, -0.2) is 0 Å². The van der Waals surface area contributed by atoms with Gasteiger partial charge in [0.05, 0.1) is 5.69 Å². The van der Waals surface area contributed by atoms with Gasteiger partial charge in [0, 0.05) is 10.9 Å². The minimum absolute atomic E-state index is 0.171. The Morgan fingerprint density at radius 1 is 0.882 bits per heavy atom. The summed E-state index contributed by atoms with van der Waals surface area (Å²) in [5.74, 6) is -0.171. The molecule has 0 aromatic heterocycles. The van der Waals surface area contributed by atoms with Crippen molar-refractivity contribution in [2.75, 3.05) is 5.32 Å². The van der Waals surface area contributed by atoms with Crippen molar-refractivity contribution in [3.63, 3.8) is 0 Å². The molecule has 1 amide bonds. The summed E-state index contributed by atoms with van der Waals surface area (Å²) in [6, 6.07) is 7.51. The van der Waals surface area contributed by atoms with Gasteiger partial charge >= 0.3 is 0 Å². The van der Waals surface area contributed by atoms with E-state index in [1.165, 1.54) is 64.2 Å². The van der Waals surface area contributed by atoms with Gasteiger partial charge in [0.15, 0.2) is 5.11 Å². The molecule has 1 unspecified atom stereocenters. The third-order valence-corrected chi connectivity index (χ3v) is 7.10. The topological polar surface area (TPSA) is 53.2 Å². The quantitative estimate of drug-likeness (QED) is 0.0708. The van der Waals surface area contributed by atoms with Gasteiger partial charge in [-0.05, 0) is 46.7 Å². The number of nitrogens with one attached hydrogen (secondary N) is 3. The Bertz CT molecular complexity index is 719. The average molecular weight is 616 g/mol. The van der Waals surface area contributed by atoms with Crippen LogP contribution in [0.2, 0.25) is 0 Å². The fraction of sp³-hybridized carbons (Fsp3) is 0.680. The minimum Gasteiger partial charge on any atom is -0.339 e. The lowest BCUT2D eigenvalue weighted by Gasteiger charge is -2.28. The molecule has 0 heterocycles. The molecule has 4 nitrogen and oxygen atoms in total. The molecule has 0 bridgehead atoms. The van der Waals surface area contributed by atoms with E-state index in [2.05, 4.69) is 38.8 Å². The molecule has 0 fully saturated rings. The second-order valence-corrected chi connectivity index (χ2v) is 12.2. The lowest BCUT2D eigenvalue weighted by molar-refractivity contribution is -0.122. The van der Waals surface area contributed by atoms with Crippen molar-refractivity contribution in [1.29, 1.82) is 0 Å². The predicted molar refractivity (Wildman–Crippen MR) is 156 cm³/mol. The van der Waals surface area contributed by atoms with Gasteiger partial charge in [-0.1, -0.05) is 131 Å². The predicted octanol–water partition coefficient (Wildman–Crippen LogP) is 9.03. The Labute approximate surface area is 234 Å². The second kappa shape index (κ2) is 18.9. The molecule has 194 valence electrons. The number of rotatable bonds is 17. The van der Waals surface area contributed by atoms with Crippen molar-refractivity contribution in [3.8, 4) is 0 Å². The van der Waals surface area contributed by atoms with Crippen LogP contribution >= 0.6 is 63.0 Å². The summed E-state index contributed by atoms with van der Waals surface area (Å²) in [7, 11) is 0. The number of para-hydroxylation sites is 1. The number of carbonyl (C=O) groups is 1. The van der Waals surface area contributed by atoms with E-state index < -0.39 is 9.96 Å². The molecular weight excluding hydrogens is 577 g/mol. The van der Waals surface area contributed by atoms with Gasteiger partial charge in [0.2, 0.25) is 9.70 Å². The number of halogens is 4. The fourth-order valence-corrected chi connectivity index (χ4v) is 4.53. The monoisotopic (exact) mass is 613 g/mol. The van der Waals surface area contributed by atoms with Crippen LogP contribution in [-0.4, -0.2) is 21.0 Å². The van der Waals surface area contributed by atoms with Crippen LogP contribution < -0.4 is 16.0 Å². The Morgan fingerprint density at radius 2 is 1.38 bits per heavy atom. The number of carbonyl (C=O) groups excluding carboxylic acids is 1. The number of alkyl halides is 3. The number of hydrogen-bond donors (Lipinski definition) is 3. The van der Waals surface area contributed by atoms with Crippen LogP contribution in [0.3, 0.4) is 0 Å². The van der Waals surface area contributed by atoms with Crippen molar-refractivity contribution < 1.29 is 4.79 Å². The van der Waals surface area contributed by atoms with Crippen LogP contribution in [0.25, 0.3) is 0 Å². The summed E-state index contributed by atoms with van der Waals surface area (Å²) >= 11 is 27.0. The minimum atomic E-state index is -1.76. The first kappa shape index (κ1) is 31.8. The number of thiocarbonyl (C=S) groups is 1. The fourth-order valence-electron chi connectivity index (χ4n) is 3.59. The van der Waals surface area contributed by atoms with Crippen molar-refractivity contribution in [2.24, 2.45) is 0 Å². The van der Waals surface area contributed by atoms with Crippen LogP contribution in [0.15, 0.2) is 28.7 Å². The third-order valence-electron chi connectivity index (χ3n) is 5.54.